The van der Waals surface area contributed by atoms with Crippen LogP contribution in [0.2, 0.25) is 0 Å². The number of aromatic nitrogens is 2. The maximum atomic E-state index is 8.90. The van der Waals surface area contributed by atoms with E-state index in [-0.39, 0.29) is 0 Å². The van der Waals surface area contributed by atoms with E-state index in [1.807, 2.05) is 24.3 Å². The fourth-order valence-corrected chi connectivity index (χ4v) is 2.20. The number of alkyl halides is 1. The van der Waals surface area contributed by atoms with Gasteiger partial charge in [-0.25, -0.2) is 9.97 Å². The van der Waals surface area contributed by atoms with Gasteiger partial charge in [0.25, 0.3) is 0 Å². The van der Waals surface area contributed by atoms with Crippen LogP contribution >= 0.6 is 22.6 Å². The number of halogens is 1. The van der Waals surface area contributed by atoms with Gasteiger partial charge in [-0.05, 0) is 30.3 Å². The van der Waals surface area contributed by atoms with Crippen molar-refractivity contribution in [2.75, 3.05) is 0 Å². The standard InChI is InChI=1S/C14H8IN3O/c15-7-11-4-5-12-14(17-11)19-13(18-12)10-3-1-2-9(6-10)8-16/h1-6H,7H2. The fourth-order valence-electron chi connectivity index (χ4n) is 1.78. The Kier molecular flexibility index (Phi) is 3.17. The van der Waals surface area contributed by atoms with E-state index in [4.69, 9.17) is 9.68 Å². The van der Waals surface area contributed by atoms with Crippen LogP contribution in [0.15, 0.2) is 40.8 Å². The highest BCUT2D eigenvalue weighted by Crippen LogP contribution is 2.24. The average molecular weight is 361 g/mol. The molecule has 0 atom stereocenters. The smallest absolute Gasteiger partial charge is 0.247 e. The summed E-state index contributed by atoms with van der Waals surface area (Å²) in [5.74, 6) is 0.491. The van der Waals surface area contributed by atoms with E-state index in [1.165, 1.54) is 0 Å². The van der Waals surface area contributed by atoms with Gasteiger partial charge in [-0.15, -0.1) is 0 Å². The number of benzene rings is 1. The van der Waals surface area contributed by atoms with Crippen LogP contribution in [-0.2, 0) is 4.43 Å². The van der Waals surface area contributed by atoms with Gasteiger partial charge < -0.3 is 4.42 Å². The molecule has 0 aliphatic heterocycles. The van der Waals surface area contributed by atoms with Gasteiger partial charge in [-0.1, -0.05) is 28.7 Å². The summed E-state index contributed by atoms with van der Waals surface area (Å²) in [7, 11) is 0. The zero-order chi connectivity index (χ0) is 13.2. The molecule has 0 saturated heterocycles. The van der Waals surface area contributed by atoms with E-state index in [0.717, 1.165) is 21.2 Å². The van der Waals surface area contributed by atoms with E-state index in [9.17, 15) is 0 Å². The van der Waals surface area contributed by atoms with Crippen LogP contribution in [-0.4, -0.2) is 9.97 Å². The molecule has 0 spiro atoms. The van der Waals surface area contributed by atoms with E-state index in [1.54, 1.807) is 12.1 Å². The maximum Gasteiger partial charge on any atom is 0.247 e. The monoisotopic (exact) mass is 361 g/mol. The zero-order valence-corrected chi connectivity index (χ0v) is 12.0. The Bertz CT molecular complexity index is 789. The number of rotatable bonds is 2. The van der Waals surface area contributed by atoms with Gasteiger partial charge in [-0.2, -0.15) is 5.26 Å². The van der Waals surface area contributed by atoms with Gasteiger partial charge in [-0.3, -0.25) is 0 Å². The number of pyridine rings is 1. The van der Waals surface area contributed by atoms with Crippen molar-refractivity contribution in [2.24, 2.45) is 0 Å². The lowest BCUT2D eigenvalue weighted by Crippen LogP contribution is -1.82. The molecule has 92 valence electrons. The van der Waals surface area contributed by atoms with Gasteiger partial charge in [0.05, 0.1) is 17.3 Å². The van der Waals surface area contributed by atoms with Crippen LogP contribution in [0.4, 0.5) is 0 Å². The van der Waals surface area contributed by atoms with Crippen molar-refractivity contribution >= 4 is 33.8 Å². The van der Waals surface area contributed by atoms with Crippen LogP contribution in [0.3, 0.4) is 0 Å². The second kappa shape index (κ2) is 4.97. The molecule has 2 aromatic heterocycles. The molecule has 3 rings (SSSR count). The van der Waals surface area contributed by atoms with E-state index in [2.05, 4.69) is 38.6 Å². The summed E-state index contributed by atoms with van der Waals surface area (Å²) in [5, 5.41) is 8.90. The third-order valence-electron chi connectivity index (χ3n) is 2.69. The first-order chi connectivity index (χ1) is 9.30. The predicted molar refractivity (Wildman–Crippen MR) is 79.7 cm³/mol. The fraction of sp³-hybridized carbons (Fsp3) is 0.0714. The summed E-state index contributed by atoms with van der Waals surface area (Å²) in [5.41, 5.74) is 3.59. The molecule has 0 saturated carbocycles. The number of nitriles is 1. The molecule has 0 aliphatic rings. The molecule has 0 N–H and O–H groups in total. The lowest BCUT2D eigenvalue weighted by Gasteiger charge is -1.94. The van der Waals surface area contributed by atoms with E-state index < -0.39 is 0 Å². The van der Waals surface area contributed by atoms with Crippen LogP contribution in [0, 0.1) is 11.3 Å². The van der Waals surface area contributed by atoms with Crippen molar-refractivity contribution < 1.29 is 4.42 Å². The Morgan fingerprint density at radius 3 is 2.89 bits per heavy atom. The summed E-state index contributed by atoms with van der Waals surface area (Å²) in [4.78, 5) is 8.77. The summed E-state index contributed by atoms with van der Waals surface area (Å²) in [6.07, 6.45) is 0. The van der Waals surface area contributed by atoms with E-state index in [0.29, 0.717) is 17.2 Å². The van der Waals surface area contributed by atoms with Crippen molar-refractivity contribution in [3.8, 4) is 17.5 Å². The summed E-state index contributed by atoms with van der Waals surface area (Å²) >= 11 is 2.25. The molecule has 0 amide bonds. The SMILES string of the molecule is N#Cc1cccc(-c2nc3ccc(CI)nc3o2)c1. The quantitative estimate of drug-likeness (QED) is 0.516. The Morgan fingerprint density at radius 1 is 1.21 bits per heavy atom. The highest BCUT2D eigenvalue weighted by molar-refractivity contribution is 14.1. The highest BCUT2D eigenvalue weighted by Gasteiger charge is 2.10. The third kappa shape index (κ3) is 2.31. The highest BCUT2D eigenvalue weighted by atomic mass is 127. The molecule has 0 unspecified atom stereocenters. The minimum atomic E-state index is 0.491. The molecular weight excluding hydrogens is 353 g/mol. The van der Waals surface area contributed by atoms with Gasteiger partial charge >= 0.3 is 0 Å². The first-order valence-corrected chi connectivity index (χ1v) is 7.15. The summed E-state index contributed by atoms with van der Waals surface area (Å²) < 4.78 is 6.49. The predicted octanol–water partition coefficient (Wildman–Crippen LogP) is 3.70. The van der Waals surface area contributed by atoms with Crippen molar-refractivity contribution in [1.29, 1.82) is 5.26 Å². The molecule has 0 fully saturated rings. The van der Waals surface area contributed by atoms with E-state index >= 15 is 0 Å². The Balaban J connectivity index is 2.12. The average Bonchev–Trinajstić information content (AvgIpc) is 2.90. The molecular formula is C14H8IN3O. The largest absolute Gasteiger partial charge is 0.418 e. The van der Waals surface area contributed by atoms with Crippen molar-refractivity contribution in [3.05, 3.63) is 47.7 Å². The molecule has 5 heteroatoms. The van der Waals surface area contributed by atoms with Crippen LogP contribution in [0.1, 0.15) is 11.3 Å². The van der Waals surface area contributed by atoms with Gasteiger partial charge in [0.2, 0.25) is 11.6 Å². The summed E-state index contributed by atoms with van der Waals surface area (Å²) in [6, 6.07) is 13.1. The van der Waals surface area contributed by atoms with Crippen LogP contribution in [0.5, 0.6) is 0 Å². The molecule has 2 heterocycles. The Labute approximate surface area is 123 Å². The zero-order valence-electron chi connectivity index (χ0n) is 9.80. The Morgan fingerprint density at radius 2 is 2.11 bits per heavy atom. The van der Waals surface area contributed by atoms with Crippen molar-refractivity contribution in [3.63, 3.8) is 0 Å². The molecule has 1 aromatic carbocycles. The lowest BCUT2D eigenvalue weighted by atomic mass is 10.1. The first kappa shape index (κ1) is 12.1. The lowest BCUT2D eigenvalue weighted by molar-refractivity contribution is 0.607. The Hall–Kier alpha value is -1.94. The van der Waals surface area contributed by atoms with Gasteiger partial charge in [0.15, 0.2) is 0 Å². The number of hydrogen-bond donors (Lipinski definition) is 0. The van der Waals surface area contributed by atoms with Crippen molar-refractivity contribution in [2.45, 2.75) is 4.43 Å². The van der Waals surface area contributed by atoms with Gasteiger partial charge in [0.1, 0.15) is 5.52 Å². The maximum absolute atomic E-state index is 8.90. The molecule has 4 nitrogen and oxygen atoms in total. The summed E-state index contributed by atoms with van der Waals surface area (Å²) in [6.45, 7) is 0. The second-order valence-corrected chi connectivity index (χ2v) is 4.73. The number of fused-ring (bicyclic) bond motifs is 1. The van der Waals surface area contributed by atoms with Crippen LogP contribution < -0.4 is 0 Å². The first-order valence-electron chi connectivity index (χ1n) is 5.63. The second-order valence-electron chi connectivity index (χ2n) is 3.97. The van der Waals surface area contributed by atoms with Gasteiger partial charge in [0, 0.05) is 9.99 Å². The minimum absolute atomic E-state index is 0.491. The molecule has 0 bridgehead atoms. The number of oxazole rings is 1. The molecule has 19 heavy (non-hydrogen) atoms. The number of hydrogen-bond acceptors (Lipinski definition) is 4. The molecule has 0 radical (unpaired) electrons. The third-order valence-corrected chi connectivity index (χ3v) is 3.47. The normalized spacial score (nSPS) is 10.5. The van der Waals surface area contributed by atoms with Crippen LogP contribution in [0.25, 0.3) is 22.7 Å². The van der Waals surface area contributed by atoms with Crippen molar-refractivity contribution in [1.82, 2.24) is 9.97 Å². The number of nitrogens with zero attached hydrogens (tertiary/aromatic N) is 3. The molecule has 0 aliphatic carbocycles. The topological polar surface area (TPSA) is 62.7 Å². The molecule has 3 aromatic rings. The minimum Gasteiger partial charge on any atom is -0.418 e.